The number of aliphatic hydroxyl groups excluding tert-OH is 2. The Labute approximate surface area is 125 Å². The van der Waals surface area contributed by atoms with Gasteiger partial charge in [-0.1, -0.05) is 0 Å². The van der Waals surface area contributed by atoms with E-state index in [0.29, 0.717) is 11.3 Å². The van der Waals surface area contributed by atoms with E-state index in [-0.39, 0.29) is 18.9 Å². The van der Waals surface area contributed by atoms with Gasteiger partial charge in [0.1, 0.15) is 0 Å². The van der Waals surface area contributed by atoms with E-state index in [1.807, 2.05) is 18.2 Å². The summed E-state index contributed by atoms with van der Waals surface area (Å²) >= 11 is 0. The zero-order valence-corrected chi connectivity index (χ0v) is 12.5. The van der Waals surface area contributed by atoms with Gasteiger partial charge in [0.15, 0.2) is 5.78 Å². The molecule has 1 saturated heterocycles. The van der Waals surface area contributed by atoms with Gasteiger partial charge in [0.05, 0.1) is 12.7 Å². The van der Waals surface area contributed by atoms with Crippen molar-refractivity contribution in [2.24, 2.45) is 0 Å². The van der Waals surface area contributed by atoms with Gasteiger partial charge in [0, 0.05) is 36.6 Å². The molecule has 1 unspecified atom stereocenters. The second-order valence-electron chi connectivity index (χ2n) is 5.55. The van der Waals surface area contributed by atoms with E-state index in [2.05, 4.69) is 10.2 Å². The number of aliphatic hydroxyl groups is 2. The number of Topliss-reactive ketones (excluding diaryl/α,β-unsaturated/α-hetero) is 1. The van der Waals surface area contributed by atoms with Crippen molar-refractivity contribution in [3.63, 3.8) is 0 Å². The Bertz CT molecular complexity index is 484. The molecule has 1 aliphatic heterocycles. The Morgan fingerprint density at radius 2 is 2.05 bits per heavy atom. The quantitative estimate of drug-likeness (QED) is 0.695. The van der Waals surface area contributed by atoms with Crippen LogP contribution in [0.1, 0.15) is 36.5 Å². The molecule has 1 aliphatic rings. The lowest BCUT2D eigenvalue weighted by Crippen LogP contribution is -2.29. The number of carbonyl (C=O) groups is 1. The molecule has 0 bridgehead atoms. The highest BCUT2D eigenvalue weighted by atomic mass is 16.3. The summed E-state index contributed by atoms with van der Waals surface area (Å²) in [6, 6.07) is 5.80. The summed E-state index contributed by atoms with van der Waals surface area (Å²) in [7, 11) is 0. The number of carbonyl (C=O) groups excluding carboxylic acids is 1. The number of ketones is 1. The van der Waals surface area contributed by atoms with Crippen LogP contribution in [-0.4, -0.2) is 48.3 Å². The maximum atomic E-state index is 11.8. The molecule has 0 amide bonds. The minimum absolute atomic E-state index is 0.00477. The fourth-order valence-corrected chi connectivity index (χ4v) is 2.62. The average molecular weight is 292 g/mol. The Morgan fingerprint density at radius 1 is 1.33 bits per heavy atom. The highest BCUT2D eigenvalue weighted by Gasteiger charge is 2.15. The average Bonchev–Trinajstić information content (AvgIpc) is 2.53. The minimum atomic E-state index is -0.827. The van der Waals surface area contributed by atoms with Gasteiger partial charge in [-0.05, 0) is 44.4 Å². The van der Waals surface area contributed by atoms with Crippen LogP contribution in [0.5, 0.6) is 0 Å². The van der Waals surface area contributed by atoms with Gasteiger partial charge in [-0.25, -0.2) is 0 Å². The van der Waals surface area contributed by atoms with Crippen molar-refractivity contribution < 1.29 is 15.0 Å². The second-order valence-corrected chi connectivity index (χ2v) is 5.55. The Hall–Kier alpha value is -1.59. The van der Waals surface area contributed by atoms with E-state index in [1.165, 1.54) is 19.3 Å². The van der Waals surface area contributed by atoms with Crippen molar-refractivity contribution in [1.29, 1.82) is 0 Å². The van der Waals surface area contributed by atoms with Gasteiger partial charge >= 0.3 is 0 Å². The summed E-state index contributed by atoms with van der Waals surface area (Å²) in [4.78, 5) is 14.2. The molecule has 0 saturated carbocycles. The molecule has 0 aromatic heterocycles. The van der Waals surface area contributed by atoms with E-state index in [1.54, 1.807) is 6.92 Å². The normalized spacial score (nSPS) is 16.6. The predicted octanol–water partition coefficient (Wildman–Crippen LogP) is 1.64. The van der Waals surface area contributed by atoms with Gasteiger partial charge in [0.2, 0.25) is 0 Å². The number of benzene rings is 1. The molecule has 0 aliphatic carbocycles. The van der Waals surface area contributed by atoms with Gasteiger partial charge in [0.25, 0.3) is 0 Å². The van der Waals surface area contributed by atoms with E-state index >= 15 is 0 Å². The summed E-state index contributed by atoms with van der Waals surface area (Å²) in [5.41, 5.74) is 2.41. The molecule has 0 spiro atoms. The van der Waals surface area contributed by atoms with Gasteiger partial charge < -0.3 is 20.4 Å². The first-order chi connectivity index (χ1) is 10.1. The molecule has 21 heavy (non-hydrogen) atoms. The third-order valence-electron chi connectivity index (χ3n) is 3.84. The summed E-state index contributed by atoms with van der Waals surface area (Å²) in [5, 5.41) is 21.3. The van der Waals surface area contributed by atoms with E-state index in [0.717, 1.165) is 18.8 Å². The monoisotopic (exact) mass is 292 g/mol. The molecule has 5 heteroatoms. The van der Waals surface area contributed by atoms with Crippen molar-refractivity contribution >= 4 is 17.2 Å². The van der Waals surface area contributed by atoms with Crippen molar-refractivity contribution in [2.75, 3.05) is 36.5 Å². The second kappa shape index (κ2) is 7.43. The van der Waals surface area contributed by atoms with Gasteiger partial charge in [-0.3, -0.25) is 4.79 Å². The Balaban J connectivity index is 2.16. The fraction of sp³-hybridized carbons (Fsp3) is 0.562. The Kier molecular flexibility index (Phi) is 5.59. The molecule has 3 N–H and O–H groups in total. The third-order valence-corrected chi connectivity index (χ3v) is 3.84. The van der Waals surface area contributed by atoms with Crippen LogP contribution in [0.4, 0.5) is 11.4 Å². The molecule has 1 atom stereocenters. The molecule has 1 heterocycles. The van der Waals surface area contributed by atoms with E-state index < -0.39 is 6.10 Å². The summed E-state index contributed by atoms with van der Waals surface area (Å²) in [5.74, 6) is -0.00477. The molecular weight excluding hydrogens is 268 g/mol. The lowest BCUT2D eigenvalue weighted by atomic mass is 10.1. The first-order valence-corrected chi connectivity index (χ1v) is 7.54. The largest absolute Gasteiger partial charge is 0.394 e. The zero-order chi connectivity index (χ0) is 15.2. The first kappa shape index (κ1) is 15.8. The Morgan fingerprint density at radius 3 is 2.67 bits per heavy atom. The van der Waals surface area contributed by atoms with E-state index in [9.17, 15) is 9.90 Å². The maximum Gasteiger partial charge on any atom is 0.161 e. The van der Waals surface area contributed by atoms with Crippen LogP contribution in [0.15, 0.2) is 18.2 Å². The smallest absolute Gasteiger partial charge is 0.161 e. The zero-order valence-electron chi connectivity index (χ0n) is 12.5. The van der Waals surface area contributed by atoms with Crippen molar-refractivity contribution in [3.05, 3.63) is 23.8 Å². The summed E-state index contributed by atoms with van der Waals surface area (Å²) in [6.45, 7) is 3.54. The van der Waals surface area contributed by atoms with Gasteiger partial charge in [-0.2, -0.15) is 0 Å². The van der Waals surface area contributed by atoms with Crippen LogP contribution in [0.3, 0.4) is 0 Å². The molecular formula is C16H24N2O3. The first-order valence-electron chi connectivity index (χ1n) is 7.54. The standard InChI is InChI=1S/C16H24N2O3/c1-12(20)15-9-13(18-7-3-2-4-8-18)5-6-16(15)17-10-14(21)11-19/h5-6,9,14,17,19,21H,2-4,7-8,10-11H2,1H3. The topological polar surface area (TPSA) is 72.8 Å². The molecule has 1 aromatic carbocycles. The van der Waals surface area contributed by atoms with Crippen LogP contribution in [0, 0.1) is 0 Å². The molecule has 116 valence electrons. The van der Waals surface area contributed by atoms with Crippen molar-refractivity contribution in [1.82, 2.24) is 0 Å². The number of hydrogen-bond acceptors (Lipinski definition) is 5. The van der Waals surface area contributed by atoms with Crippen LogP contribution >= 0.6 is 0 Å². The fourth-order valence-electron chi connectivity index (χ4n) is 2.62. The molecule has 0 radical (unpaired) electrons. The number of nitrogens with zero attached hydrogens (tertiary/aromatic N) is 1. The molecule has 1 aromatic rings. The van der Waals surface area contributed by atoms with Crippen LogP contribution in [0.2, 0.25) is 0 Å². The minimum Gasteiger partial charge on any atom is -0.394 e. The number of rotatable bonds is 6. The summed E-state index contributed by atoms with van der Waals surface area (Å²) < 4.78 is 0. The predicted molar refractivity (Wildman–Crippen MR) is 84.1 cm³/mol. The van der Waals surface area contributed by atoms with Crippen molar-refractivity contribution in [2.45, 2.75) is 32.3 Å². The molecule has 1 fully saturated rings. The molecule has 2 rings (SSSR count). The van der Waals surface area contributed by atoms with Gasteiger partial charge in [-0.15, -0.1) is 0 Å². The lowest BCUT2D eigenvalue weighted by molar-refractivity contribution is 0.101. The lowest BCUT2D eigenvalue weighted by Gasteiger charge is -2.29. The van der Waals surface area contributed by atoms with E-state index in [4.69, 9.17) is 5.11 Å². The molecule has 5 nitrogen and oxygen atoms in total. The van der Waals surface area contributed by atoms with Crippen LogP contribution in [0.25, 0.3) is 0 Å². The number of nitrogens with one attached hydrogen (secondary N) is 1. The van der Waals surface area contributed by atoms with Crippen LogP contribution < -0.4 is 10.2 Å². The maximum absolute atomic E-state index is 11.8. The highest BCUT2D eigenvalue weighted by Crippen LogP contribution is 2.26. The highest BCUT2D eigenvalue weighted by molar-refractivity contribution is 6.00. The SMILES string of the molecule is CC(=O)c1cc(N2CCCCC2)ccc1NCC(O)CO. The number of piperidine rings is 1. The number of anilines is 2. The van der Waals surface area contributed by atoms with Crippen molar-refractivity contribution in [3.8, 4) is 0 Å². The summed E-state index contributed by atoms with van der Waals surface area (Å²) in [6.07, 6.45) is 2.83. The van der Waals surface area contributed by atoms with Crippen LogP contribution in [-0.2, 0) is 0 Å². The third kappa shape index (κ3) is 4.19. The number of hydrogen-bond donors (Lipinski definition) is 3.